The molecule has 1 aromatic carbocycles. The molecule has 1 N–H and O–H groups in total. The van der Waals surface area contributed by atoms with Gasteiger partial charge < -0.3 is 5.32 Å². The van der Waals surface area contributed by atoms with Gasteiger partial charge >= 0.3 is 0 Å². The molecule has 0 bridgehead atoms. The summed E-state index contributed by atoms with van der Waals surface area (Å²) in [4.78, 5) is 11.5. The summed E-state index contributed by atoms with van der Waals surface area (Å²) in [5, 5.41) is 2.80. The first-order chi connectivity index (χ1) is 6.97. The molecule has 0 aliphatic rings. The highest BCUT2D eigenvalue weighted by molar-refractivity contribution is 9.10. The zero-order valence-corrected chi connectivity index (χ0v) is 11.2. The highest BCUT2D eigenvalue weighted by Crippen LogP contribution is 2.23. The standard InChI is InChI=1S/C11H14BrNOS/c1-11(2,12)8-15-10(14)13-9-6-4-3-5-7-9/h3-7H,8H2,1-2H3,(H,13,14). The van der Waals surface area contributed by atoms with Crippen molar-refractivity contribution >= 4 is 38.6 Å². The molecule has 0 saturated carbocycles. The third-order valence-corrected chi connectivity index (χ3v) is 3.45. The maximum Gasteiger partial charge on any atom is 0.283 e. The van der Waals surface area contributed by atoms with Crippen LogP contribution >= 0.6 is 27.7 Å². The first kappa shape index (κ1) is 12.6. The molecule has 1 rings (SSSR count). The minimum atomic E-state index is -0.0197. The monoisotopic (exact) mass is 287 g/mol. The lowest BCUT2D eigenvalue weighted by Crippen LogP contribution is -2.16. The van der Waals surface area contributed by atoms with Gasteiger partial charge in [0, 0.05) is 15.8 Å². The van der Waals surface area contributed by atoms with E-state index in [0.717, 1.165) is 11.4 Å². The number of carbonyl (C=O) groups is 1. The molecule has 0 spiro atoms. The summed E-state index contributed by atoms with van der Waals surface area (Å²) in [6.07, 6.45) is 0. The van der Waals surface area contributed by atoms with Gasteiger partial charge in [-0.15, -0.1) is 0 Å². The van der Waals surface area contributed by atoms with Crippen molar-refractivity contribution in [3.05, 3.63) is 30.3 Å². The Morgan fingerprint density at radius 1 is 1.40 bits per heavy atom. The second-order valence-corrected chi connectivity index (χ2v) is 6.88. The van der Waals surface area contributed by atoms with Gasteiger partial charge in [0.05, 0.1) is 0 Å². The summed E-state index contributed by atoms with van der Waals surface area (Å²) in [5.41, 5.74) is 0.836. The summed E-state index contributed by atoms with van der Waals surface area (Å²) in [6, 6.07) is 9.46. The zero-order valence-electron chi connectivity index (χ0n) is 8.79. The van der Waals surface area contributed by atoms with Gasteiger partial charge in [-0.3, -0.25) is 4.79 Å². The topological polar surface area (TPSA) is 29.1 Å². The van der Waals surface area contributed by atoms with E-state index in [-0.39, 0.29) is 9.56 Å². The van der Waals surface area contributed by atoms with E-state index in [1.807, 2.05) is 44.2 Å². The molecule has 0 aliphatic heterocycles. The minimum Gasteiger partial charge on any atom is -0.317 e. The van der Waals surface area contributed by atoms with Crippen LogP contribution < -0.4 is 5.32 Å². The number of nitrogens with one attached hydrogen (secondary N) is 1. The number of halogens is 1. The number of alkyl halides is 1. The largest absolute Gasteiger partial charge is 0.317 e. The fraction of sp³-hybridized carbons (Fsp3) is 0.364. The normalized spacial score (nSPS) is 11.1. The van der Waals surface area contributed by atoms with Crippen LogP contribution in [0.15, 0.2) is 30.3 Å². The third kappa shape index (κ3) is 5.85. The predicted octanol–water partition coefficient (Wildman–Crippen LogP) is 4.13. The van der Waals surface area contributed by atoms with Crippen LogP contribution in [0.4, 0.5) is 10.5 Å². The van der Waals surface area contributed by atoms with Crippen LogP contribution in [-0.2, 0) is 0 Å². The summed E-state index contributed by atoms with van der Waals surface area (Å²) in [5.74, 6) is 0.742. The molecule has 0 aromatic heterocycles. The third-order valence-electron chi connectivity index (χ3n) is 1.57. The lowest BCUT2D eigenvalue weighted by Gasteiger charge is -2.14. The number of rotatable bonds is 3. The summed E-state index contributed by atoms with van der Waals surface area (Å²) < 4.78 is -0.00824. The average Bonchev–Trinajstić information content (AvgIpc) is 2.15. The number of hydrogen-bond acceptors (Lipinski definition) is 2. The van der Waals surface area contributed by atoms with Crippen LogP contribution in [0.3, 0.4) is 0 Å². The Hall–Kier alpha value is -0.480. The fourth-order valence-electron chi connectivity index (χ4n) is 0.913. The molecule has 0 saturated heterocycles. The number of amides is 1. The second-order valence-electron chi connectivity index (χ2n) is 3.79. The molecule has 2 nitrogen and oxygen atoms in total. The number of hydrogen-bond donors (Lipinski definition) is 1. The van der Waals surface area contributed by atoms with Crippen LogP contribution in [0.1, 0.15) is 13.8 Å². The van der Waals surface area contributed by atoms with Crippen molar-refractivity contribution in [1.82, 2.24) is 0 Å². The van der Waals surface area contributed by atoms with E-state index in [9.17, 15) is 4.79 Å². The maximum atomic E-state index is 11.5. The molecule has 15 heavy (non-hydrogen) atoms. The smallest absolute Gasteiger partial charge is 0.283 e. The van der Waals surface area contributed by atoms with Crippen molar-refractivity contribution in [1.29, 1.82) is 0 Å². The molecular formula is C11H14BrNOS. The molecular weight excluding hydrogens is 274 g/mol. The van der Waals surface area contributed by atoms with Crippen LogP contribution in [0, 0.1) is 0 Å². The minimum absolute atomic E-state index is 0.00824. The Morgan fingerprint density at radius 2 is 2.00 bits per heavy atom. The van der Waals surface area contributed by atoms with E-state index in [1.54, 1.807) is 0 Å². The van der Waals surface area contributed by atoms with E-state index in [0.29, 0.717) is 0 Å². The summed E-state index contributed by atoms with van der Waals surface area (Å²) in [7, 11) is 0. The van der Waals surface area contributed by atoms with Gasteiger partial charge in [0.15, 0.2) is 0 Å². The molecule has 1 amide bonds. The van der Waals surface area contributed by atoms with Crippen molar-refractivity contribution in [2.75, 3.05) is 11.1 Å². The summed E-state index contributed by atoms with van der Waals surface area (Å²) in [6.45, 7) is 4.07. The zero-order chi connectivity index (χ0) is 11.3. The van der Waals surface area contributed by atoms with Gasteiger partial charge in [-0.1, -0.05) is 45.9 Å². The van der Waals surface area contributed by atoms with Gasteiger partial charge in [-0.25, -0.2) is 0 Å². The van der Waals surface area contributed by atoms with Crippen molar-refractivity contribution < 1.29 is 4.79 Å². The van der Waals surface area contributed by atoms with E-state index in [4.69, 9.17) is 0 Å². The quantitative estimate of drug-likeness (QED) is 0.847. The lowest BCUT2D eigenvalue weighted by atomic mass is 10.3. The predicted molar refractivity (Wildman–Crippen MR) is 70.9 cm³/mol. The maximum absolute atomic E-state index is 11.5. The molecule has 4 heteroatoms. The highest BCUT2D eigenvalue weighted by atomic mass is 79.9. The Morgan fingerprint density at radius 3 is 2.53 bits per heavy atom. The average molecular weight is 288 g/mol. The molecule has 1 aromatic rings. The number of benzene rings is 1. The number of para-hydroxylation sites is 1. The molecule has 0 unspecified atom stereocenters. The van der Waals surface area contributed by atoms with Gasteiger partial charge in [-0.2, -0.15) is 0 Å². The van der Waals surface area contributed by atoms with Crippen molar-refractivity contribution in [3.8, 4) is 0 Å². The Labute approximate surface area is 103 Å². The first-order valence-corrected chi connectivity index (χ1v) is 6.43. The molecule has 0 heterocycles. The van der Waals surface area contributed by atoms with Crippen LogP contribution in [0.2, 0.25) is 0 Å². The van der Waals surface area contributed by atoms with E-state index < -0.39 is 0 Å². The molecule has 0 aliphatic carbocycles. The van der Waals surface area contributed by atoms with Gasteiger partial charge in [0.2, 0.25) is 0 Å². The van der Waals surface area contributed by atoms with Crippen molar-refractivity contribution in [3.63, 3.8) is 0 Å². The Kier molecular flexibility index (Phi) is 4.67. The van der Waals surface area contributed by atoms with Gasteiger partial charge in [0.1, 0.15) is 0 Å². The van der Waals surface area contributed by atoms with E-state index in [1.165, 1.54) is 11.8 Å². The fourth-order valence-corrected chi connectivity index (χ4v) is 1.92. The Bertz CT molecular complexity index is 321. The van der Waals surface area contributed by atoms with Gasteiger partial charge in [0.25, 0.3) is 5.24 Å². The van der Waals surface area contributed by atoms with Crippen LogP contribution in [0.5, 0.6) is 0 Å². The highest BCUT2D eigenvalue weighted by Gasteiger charge is 2.15. The number of anilines is 1. The van der Waals surface area contributed by atoms with E-state index in [2.05, 4.69) is 21.2 Å². The molecule has 0 atom stereocenters. The van der Waals surface area contributed by atoms with Crippen molar-refractivity contribution in [2.24, 2.45) is 0 Å². The molecule has 0 radical (unpaired) electrons. The van der Waals surface area contributed by atoms with Gasteiger partial charge in [-0.05, 0) is 26.0 Å². The van der Waals surface area contributed by atoms with Crippen LogP contribution in [-0.4, -0.2) is 15.3 Å². The molecule has 82 valence electrons. The molecule has 0 fully saturated rings. The lowest BCUT2D eigenvalue weighted by molar-refractivity contribution is 0.269. The van der Waals surface area contributed by atoms with E-state index >= 15 is 0 Å². The second kappa shape index (κ2) is 5.56. The number of thioether (sulfide) groups is 1. The Balaban J connectivity index is 2.38. The first-order valence-electron chi connectivity index (χ1n) is 4.65. The SMILES string of the molecule is CC(C)(Br)CSC(=O)Nc1ccccc1. The number of carbonyl (C=O) groups excluding carboxylic acids is 1. The van der Waals surface area contributed by atoms with Crippen LogP contribution in [0.25, 0.3) is 0 Å². The van der Waals surface area contributed by atoms with Crippen molar-refractivity contribution in [2.45, 2.75) is 18.2 Å². The summed E-state index contributed by atoms with van der Waals surface area (Å²) >= 11 is 4.77.